The third-order valence-corrected chi connectivity index (χ3v) is 4.46. The van der Waals surface area contributed by atoms with Crippen LogP contribution < -0.4 is 5.32 Å². The highest BCUT2D eigenvalue weighted by atomic mass is 79.9. The molecule has 2 nitrogen and oxygen atoms in total. The number of nitrogens with zero attached hydrogens (tertiary/aromatic N) is 1. The van der Waals surface area contributed by atoms with Gasteiger partial charge in [-0.2, -0.15) is 0 Å². The largest absolute Gasteiger partial charge is 0.314 e. The lowest BCUT2D eigenvalue weighted by Gasteiger charge is -2.35. The zero-order valence-electron chi connectivity index (χ0n) is 12.7. The normalized spacial score (nSPS) is 16.7. The van der Waals surface area contributed by atoms with Gasteiger partial charge < -0.3 is 5.32 Å². The highest BCUT2D eigenvalue weighted by Gasteiger charge is 2.21. The molecular weight excluding hydrogens is 371 g/mol. The fourth-order valence-corrected chi connectivity index (χ4v) is 3.09. The molecular formula is C16H27BrCl2N2. The Morgan fingerprint density at radius 2 is 1.71 bits per heavy atom. The van der Waals surface area contributed by atoms with Crippen LogP contribution in [-0.4, -0.2) is 31.1 Å². The monoisotopic (exact) mass is 396 g/mol. The van der Waals surface area contributed by atoms with Crippen molar-refractivity contribution in [3.63, 3.8) is 0 Å². The van der Waals surface area contributed by atoms with Gasteiger partial charge in [-0.15, -0.1) is 24.8 Å². The predicted molar refractivity (Wildman–Crippen MR) is 100.0 cm³/mol. The standard InChI is InChI=1S/C16H25BrN2.2ClH/c1-2-3-4-5-16(19-12-10-18-11-13-19)14-6-8-15(17)9-7-14;;/h6-9,16,18H,2-5,10-13H2,1H3;2*1H/t16-;;/m1../s1. The Labute approximate surface area is 150 Å². The minimum atomic E-state index is 0. The van der Waals surface area contributed by atoms with Crippen molar-refractivity contribution in [3.05, 3.63) is 34.3 Å². The van der Waals surface area contributed by atoms with E-state index >= 15 is 0 Å². The second-order valence-corrected chi connectivity index (χ2v) is 6.26. The fourth-order valence-electron chi connectivity index (χ4n) is 2.83. The number of benzene rings is 1. The molecule has 1 aromatic rings. The molecule has 0 bridgehead atoms. The summed E-state index contributed by atoms with van der Waals surface area (Å²) in [7, 11) is 0. The molecule has 1 heterocycles. The fraction of sp³-hybridized carbons (Fsp3) is 0.625. The van der Waals surface area contributed by atoms with E-state index in [1.54, 1.807) is 0 Å². The van der Waals surface area contributed by atoms with Crippen molar-refractivity contribution in [1.29, 1.82) is 0 Å². The molecule has 2 rings (SSSR count). The summed E-state index contributed by atoms with van der Waals surface area (Å²) in [4.78, 5) is 2.65. The lowest BCUT2D eigenvalue weighted by Crippen LogP contribution is -2.45. The van der Waals surface area contributed by atoms with Crippen molar-refractivity contribution >= 4 is 40.7 Å². The Morgan fingerprint density at radius 3 is 2.29 bits per heavy atom. The maximum absolute atomic E-state index is 3.53. The van der Waals surface area contributed by atoms with Crippen molar-refractivity contribution < 1.29 is 0 Å². The summed E-state index contributed by atoms with van der Waals surface area (Å²) in [6.07, 6.45) is 5.27. The second kappa shape index (κ2) is 11.7. The minimum absolute atomic E-state index is 0. The highest BCUT2D eigenvalue weighted by molar-refractivity contribution is 9.10. The molecule has 0 aromatic heterocycles. The van der Waals surface area contributed by atoms with Gasteiger partial charge in [-0.3, -0.25) is 4.90 Å². The smallest absolute Gasteiger partial charge is 0.0349 e. The third kappa shape index (κ3) is 6.87. The molecule has 122 valence electrons. The number of hydrogen-bond acceptors (Lipinski definition) is 2. The van der Waals surface area contributed by atoms with E-state index < -0.39 is 0 Å². The SMILES string of the molecule is CCCCC[C@H](c1ccc(Br)cc1)N1CCNCC1.Cl.Cl. The van der Waals surface area contributed by atoms with E-state index in [1.165, 1.54) is 48.8 Å². The number of nitrogens with one attached hydrogen (secondary N) is 1. The Kier molecular flexibility index (Phi) is 11.8. The van der Waals surface area contributed by atoms with Crippen LogP contribution in [-0.2, 0) is 0 Å². The predicted octanol–water partition coefficient (Wildman–Crippen LogP) is 4.82. The number of piperazine rings is 1. The first-order chi connectivity index (χ1) is 9.31. The van der Waals surface area contributed by atoms with Crippen molar-refractivity contribution in [2.75, 3.05) is 26.2 Å². The number of hydrogen-bond donors (Lipinski definition) is 1. The van der Waals surface area contributed by atoms with Gasteiger partial charge in [0.05, 0.1) is 0 Å². The molecule has 0 saturated carbocycles. The maximum atomic E-state index is 3.53. The molecule has 21 heavy (non-hydrogen) atoms. The number of halogens is 3. The van der Waals surface area contributed by atoms with Crippen LogP contribution in [0, 0.1) is 0 Å². The average molecular weight is 398 g/mol. The van der Waals surface area contributed by atoms with Crippen LogP contribution in [0.4, 0.5) is 0 Å². The summed E-state index contributed by atoms with van der Waals surface area (Å²) >= 11 is 3.53. The number of rotatable bonds is 6. The van der Waals surface area contributed by atoms with E-state index in [0.29, 0.717) is 6.04 Å². The molecule has 0 unspecified atom stereocenters. The lowest BCUT2D eigenvalue weighted by molar-refractivity contribution is 0.162. The van der Waals surface area contributed by atoms with Crippen molar-refractivity contribution in [3.8, 4) is 0 Å². The zero-order chi connectivity index (χ0) is 13.5. The first kappa shape index (κ1) is 21.2. The molecule has 1 fully saturated rings. The van der Waals surface area contributed by atoms with E-state index in [0.717, 1.165) is 13.1 Å². The highest BCUT2D eigenvalue weighted by Crippen LogP contribution is 2.28. The van der Waals surface area contributed by atoms with Crippen LogP contribution in [0.3, 0.4) is 0 Å². The van der Waals surface area contributed by atoms with Crippen molar-refractivity contribution in [2.24, 2.45) is 0 Å². The first-order valence-corrected chi connectivity index (χ1v) is 8.31. The zero-order valence-corrected chi connectivity index (χ0v) is 15.9. The van der Waals surface area contributed by atoms with E-state index in [1.807, 2.05) is 0 Å². The second-order valence-electron chi connectivity index (χ2n) is 5.35. The van der Waals surface area contributed by atoms with Gasteiger partial charge in [-0.25, -0.2) is 0 Å². The molecule has 0 amide bonds. The molecule has 1 aromatic carbocycles. The molecule has 0 radical (unpaired) electrons. The maximum Gasteiger partial charge on any atom is 0.0349 e. The van der Waals surface area contributed by atoms with Gasteiger partial charge in [0, 0.05) is 36.7 Å². The van der Waals surface area contributed by atoms with Crippen LogP contribution in [0.25, 0.3) is 0 Å². The van der Waals surface area contributed by atoms with E-state index in [9.17, 15) is 0 Å². The van der Waals surface area contributed by atoms with Crippen LogP contribution in [0.2, 0.25) is 0 Å². The Morgan fingerprint density at radius 1 is 1.10 bits per heavy atom. The quantitative estimate of drug-likeness (QED) is 0.692. The Bertz CT molecular complexity index is 367. The van der Waals surface area contributed by atoms with Gasteiger partial charge in [-0.1, -0.05) is 54.2 Å². The molecule has 0 spiro atoms. The van der Waals surface area contributed by atoms with Gasteiger partial charge in [0.25, 0.3) is 0 Å². The van der Waals surface area contributed by atoms with Crippen LogP contribution >= 0.6 is 40.7 Å². The lowest BCUT2D eigenvalue weighted by atomic mass is 9.98. The van der Waals surface area contributed by atoms with Crippen LogP contribution in [0.15, 0.2) is 28.7 Å². The van der Waals surface area contributed by atoms with Crippen molar-refractivity contribution in [2.45, 2.75) is 38.6 Å². The molecule has 1 atom stereocenters. The topological polar surface area (TPSA) is 15.3 Å². The van der Waals surface area contributed by atoms with Crippen LogP contribution in [0.1, 0.15) is 44.2 Å². The first-order valence-electron chi connectivity index (χ1n) is 7.51. The summed E-state index contributed by atoms with van der Waals surface area (Å²) in [5.41, 5.74) is 1.47. The summed E-state index contributed by atoms with van der Waals surface area (Å²) in [5, 5.41) is 3.45. The summed E-state index contributed by atoms with van der Waals surface area (Å²) < 4.78 is 1.17. The molecule has 5 heteroatoms. The van der Waals surface area contributed by atoms with Gasteiger partial charge in [0.1, 0.15) is 0 Å². The van der Waals surface area contributed by atoms with Gasteiger partial charge in [0.2, 0.25) is 0 Å². The minimum Gasteiger partial charge on any atom is -0.314 e. The molecule has 1 aliphatic rings. The van der Waals surface area contributed by atoms with Crippen LogP contribution in [0.5, 0.6) is 0 Å². The van der Waals surface area contributed by atoms with Crippen molar-refractivity contribution in [1.82, 2.24) is 10.2 Å². The van der Waals surface area contributed by atoms with Gasteiger partial charge in [-0.05, 0) is 24.1 Å². The third-order valence-electron chi connectivity index (χ3n) is 3.93. The summed E-state index contributed by atoms with van der Waals surface area (Å²) in [5.74, 6) is 0. The molecule has 1 saturated heterocycles. The molecule has 1 N–H and O–H groups in total. The summed E-state index contributed by atoms with van der Waals surface area (Å²) in [6.45, 7) is 6.88. The van der Waals surface area contributed by atoms with E-state index in [-0.39, 0.29) is 24.8 Å². The average Bonchev–Trinajstić information content (AvgIpc) is 2.46. The number of unbranched alkanes of at least 4 members (excludes halogenated alkanes) is 2. The molecule has 1 aliphatic heterocycles. The van der Waals surface area contributed by atoms with E-state index in [2.05, 4.69) is 57.3 Å². The Hall–Kier alpha value is 0.200. The Balaban J connectivity index is 0.00000200. The van der Waals surface area contributed by atoms with E-state index in [4.69, 9.17) is 0 Å². The summed E-state index contributed by atoms with van der Waals surface area (Å²) in [6, 6.07) is 9.50. The van der Waals surface area contributed by atoms with Gasteiger partial charge in [0.15, 0.2) is 0 Å². The van der Waals surface area contributed by atoms with Gasteiger partial charge >= 0.3 is 0 Å². The molecule has 0 aliphatic carbocycles.